The van der Waals surface area contributed by atoms with Gasteiger partial charge in [-0.1, -0.05) is 12.1 Å². The molecule has 3 aromatic rings. The molecule has 1 N–H and O–H groups in total. The number of carbonyl (C=O) groups excluding carboxylic acids is 1. The van der Waals surface area contributed by atoms with Crippen molar-refractivity contribution in [2.45, 2.75) is 44.4 Å². The van der Waals surface area contributed by atoms with E-state index < -0.39 is 6.10 Å². The summed E-state index contributed by atoms with van der Waals surface area (Å²) in [6.07, 6.45) is 4.38. The molecule has 7 heteroatoms. The number of aromatic nitrogens is 2. The average molecular weight is 445 g/mol. The molecule has 33 heavy (non-hydrogen) atoms. The van der Waals surface area contributed by atoms with Crippen molar-refractivity contribution in [1.29, 1.82) is 5.26 Å². The summed E-state index contributed by atoms with van der Waals surface area (Å²) >= 11 is 0. The van der Waals surface area contributed by atoms with Gasteiger partial charge in [0.1, 0.15) is 5.82 Å². The van der Waals surface area contributed by atoms with E-state index >= 15 is 0 Å². The van der Waals surface area contributed by atoms with E-state index in [2.05, 4.69) is 11.2 Å². The molecule has 2 aromatic carbocycles. The minimum Gasteiger partial charge on any atom is -0.391 e. The molecule has 5 atom stereocenters. The Morgan fingerprint density at radius 2 is 2.18 bits per heavy atom. The first-order valence-corrected chi connectivity index (χ1v) is 11.6. The number of amides is 1. The number of carbonyl (C=O) groups is 1. The number of β-amino-alcohol motifs (C(OH)–C–C–N with tert-alkyl or cyclic N) is 1. The molecular formula is C26H25FN4O2. The number of nitriles is 1. The summed E-state index contributed by atoms with van der Waals surface area (Å²) in [6, 6.07) is 13.9. The van der Waals surface area contributed by atoms with Crippen molar-refractivity contribution in [2.75, 3.05) is 6.54 Å². The molecule has 1 saturated heterocycles. The highest BCUT2D eigenvalue weighted by Gasteiger charge is 2.65. The van der Waals surface area contributed by atoms with E-state index in [-0.39, 0.29) is 23.2 Å². The molecule has 1 amide bonds. The highest BCUT2D eigenvalue weighted by molar-refractivity contribution is 5.86. The number of likely N-dealkylation sites (tertiary alicyclic amines) is 1. The van der Waals surface area contributed by atoms with Crippen molar-refractivity contribution in [3.63, 3.8) is 0 Å². The first kappa shape index (κ1) is 20.4. The number of nitrogens with zero attached hydrogens (tertiary/aromatic N) is 4. The number of benzene rings is 2. The number of halogens is 1. The second-order valence-corrected chi connectivity index (χ2v) is 9.90. The van der Waals surface area contributed by atoms with E-state index in [1.54, 1.807) is 17.2 Å². The lowest BCUT2D eigenvalue weighted by molar-refractivity contribution is -0.187. The SMILES string of the molecule is N#Cc1ccc2c(cnn2CC2CC3(C(=O)N4C[C@H](O)C[C@H]4c4cccc(F)c4)CCC23)c1. The third kappa shape index (κ3) is 3.08. The number of hydrogen-bond acceptors (Lipinski definition) is 4. The van der Waals surface area contributed by atoms with Crippen molar-refractivity contribution < 1.29 is 14.3 Å². The minimum absolute atomic E-state index is 0.116. The summed E-state index contributed by atoms with van der Waals surface area (Å²) in [6.45, 7) is 1.06. The molecule has 168 valence electrons. The Morgan fingerprint density at radius 3 is 2.91 bits per heavy atom. The molecule has 3 unspecified atom stereocenters. The predicted molar refractivity (Wildman–Crippen MR) is 119 cm³/mol. The standard InChI is InChI=1S/C26H25FN4O2/c27-20-3-1-2-17(9-20)24-10-21(32)15-30(24)25(33)26-7-6-22(26)19(11-26)14-31-23-5-4-16(12-28)8-18(23)13-29-31/h1-5,8-9,13,19,21-22,24,32H,6-7,10-11,14-15H2/t19?,21-,22?,24+,26?/m1/s1. The summed E-state index contributed by atoms with van der Waals surface area (Å²) in [7, 11) is 0. The molecule has 3 aliphatic rings. The number of fused-ring (bicyclic) bond motifs is 2. The van der Waals surface area contributed by atoms with Gasteiger partial charge < -0.3 is 10.0 Å². The van der Waals surface area contributed by atoms with Gasteiger partial charge in [-0.05, 0) is 73.4 Å². The van der Waals surface area contributed by atoms with Gasteiger partial charge in [0.2, 0.25) is 5.91 Å². The van der Waals surface area contributed by atoms with Crippen LogP contribution in [0.4, 0.5) is 4.39 Å². The van der Waals surface area contributed by atoms with Crippen molar-refractivity contribution in [3.05, 3.63) is 65.6 Å². The Labute approximate surface area is 191 Å². The third-order valence-corrected chi connectivity index (χ3v) is 8.18. The van der Waals surface area contributed by atoms with E-state index in [1.165, 1.54) is 12.1 Å². The molecule has 0 spiro atoms. The lowest BCUT2D eigenvalue weighted by Crippen LogP contribution is -2.64. The normalized spacial score (nSPS) is 30.4. The van der Waals surface area contributed by atoms with Crippen LogP contribution in [0.25, 0.3) is 10.9 Å². The van der Waals surface area contributed by atoms with E-state index in [0.29, 0.717) is 30.4 Å². The van der Waals surface area contributed by atoms with Gasteiger partial charge in [-0.15, -0.1) is 0 Å². The van der Waals surface area contributed by atoms with Crippen LogP contribution in [-0.4, -0.2) is 38.3 Å². The lowest BCUT2D eigenvalue weighted by atomic mass is 9.42. The molecule has 6 nitrogen and oxygen atoms in total. The quantitative estimate of drug-likeness (QED) is 0.664. The first-order chi connectivity index (χ1) is 16.0. The van der Waals surface area contributed by atoms with Crippen LogP contribution in [0.1, 0.15) is 42.9 Å². The number of aliphatic hydroxyl groups is 1. The summed E-state index contributed by atoms with van der Waals surface area (Å²) < 4.78 is 15.8. The first-order valence-electron chi connectivity index (χ1n) is 11.6. The van der Waals surface area contributed by atoms with Gasteiger partial charge in [0.15, 0.2) is 0 Å². The molecule has 0 radical (unpaired) electrons. The van der Waals surface area contributed by atoms with Crippen LogP contribution in [-0.2, 0) is 11.3 Å². The van der Waals surface area contributed by atoms with E-state index in [9.17, 15) is 14.3 Å². The molecule has 2 aliphatic carbocycles. The maximum atomic E-state index is 13.8. The Morgan fingerprint density at radius 1 is 1.30 bits per heavy atom. The largest absolute Gasteiger partial charge is 0.391 e. The van der Waals surface area contributed by atoms with Gasteiger partial charge in [0.05, 0.1) is 40.9 Å². The molecule has 3 fully saturated rings. The van der Waals surface area contributed by atoms with Crippen LogP contribution in [0.3, 0.4) is 0 Å². The van der Waals surface area contributed by atoms with Gasteiger partial charge in [-0.25, -0.2) is 4.39 Å². The average Bonchev–Trinajstić information content (AvgIpc) is 3.39. The fourth-order valence-corrected chi connectivity index (χ4v) is 6.47. The number of hydrogen-bond donors (Lipinski definition) is 1. The fraction of sp³-hybridized carbons (Fsp3) is 0.423. The van der Waals surface area contributed by atoms with Gasteiger partial charge in [-0.3, -0.25) is 9.48 Å². The van der Waals surface area contributed by atoms with E-state index in [1.807, 2.05) is 28.9 Å². The zero-order valence-electron chi connectivity index (χ0n) is 18.2. The van der Waals surface area contributed by atoms with Crippen LogP contribution in [0.15, 0.2) is 48.7 Å². The highest BCUT2D eigenvalue weighted by Crippen LogP contribution is 2.66. The fourth-order valence-electron chi connectivity index (χ4n) is 6.47. The molecular weight excluding hydrogens is 419 g/mol. The molecule has 2 saturated carbocycles. The summed E-state index contributed by atoms with van der Waals surface area (Å²) in [5.74, 6) is 0.484. The van der Waals surface area contributed by atoms with Crippen LogP contribution < -0.4 is 0 Å². The van der Waals surface area contributed by atoms with Crippen molar-refractivity contribution >= 4 is 16.8 Å². The second kappa shape index (κ2) is 7.39. The minimum atomic E-state index is -0.582. The van der Waals surface area contributed by atoms with Crippen molar-refractivity contribution in [2.24, 2.45) is 17.3 Å². The topological polar surface area (TPSA) is 82.2 Å². The predicted octanol–water partition coefficient (Wildman–Crippen LogP) is 3.80. The molecule has 2 heterocycles. The second-order valence-electron chi connectivity index (χ2n) is 9.90. The lowest BCUT2D eigenvalue weighted by Gasteiger charge is -2.63. The van der Waals surface area contributed by atoms with Crippen molar-refractivity contribution in [1.82, 2.24) is 14.7 Å². The van der Waals surface area contributed by atoms with Crippen LogP contribution in [0.2, 0.25) is 0 Å². The summed E-state index contributed by atoms with van der Waals surface area (Å²) in [4.78, 5) is 15.5. The molecule has 6 rings (SSSR count). The zero-order valence-corrected chi connectivity index (χ0v) is 18.2. The third-order valence-electron chi connectivity index (χ3n) is 8.18. The summed E-state index contributed by atoms with van der Waals surface area (Å²) in [5.41, 5.74) is 2.03. The Bertz CT molecular complexity index is 1300. The van der Waals surface area contributed by atoms with Gasteiger partial charge in [0.25, 0.3) is 0 Å². The van der Waals surface area contributed by atoms with Gasteiger partial charge >= 0.3 is 0 Å². The van der Waals surface area contributed by atoms with Crippen molar-refractivity contribution in [3.8, 4) is 6.07 Å². The zero-order chi connectivity index (χ0) is 22.7. The van der Waals surface area contributed by atoms with Crippen LogP contribution in [0.5, 0.6) is 0 Å². The highest BCUT2D eigenvalue weighted by atomic mass is 19.1. The van der Waals surface area contributed by atoms with Gasteiger partial charge in [0, 0.05) is 18.5 Å². The van der Waals surface area contributed by atoms with Gasteiger partial charge in [-0.2, -0.15) is 10.4 Å². The Balaban J connectivity index is 1.20. The summed E-state index contributed by atoms with van der Waals surface area (Å²) in [5, 5.41) is 24.9. The maximum absolute atomic E-state index is 13.8. The number of aliphatic hydroxyl groups excluding tert-OH is 1. The Hall–Kier alpha value is -3.24. The number of rotatable bonds is 4. The molecule has 1 aliphatic heterocycles. The smallest absolute Gasteiger partial charge is 0.229 e. The van der Waals surface area contributed by atoms with E-state index in [0.717, 1.165) is 42.3 Å². The Kier molecular flexibility index (Phi) is 4.56. The molecule has 0 bridgehead atoms. The molecule has 1 aromatic heterocycles. The van der Waals surface area contributed by atoms with Crippen LogP contribution >= 0.6 is 0 Å². The van der Waals surface area contributed by atoms with E-state index in [4.69, 9.17) is 5.26 Å². The maximum Gasteiger partial charge on any atom is 0.229 e. The van der Waals surface area contributed by atoms with Crippen LogP contribution in [0, 0.1) is 34.4 Å². The monoisotopic (exact) mass is 444 g/mol.